The third-order valence-electron chi connectivity index (χ3n) is 1.31. The molecular formula is C8H14O3. The Hall–Kier alpha value is -0.670. The van der Waals surface area contributed by atoms with E-state index in [-0.39, 0.29) is 6.29 Å². The van der Waals surface area contributed by atoms with Gasteiger partial charge in [-0.25, -0.2) is 0 Å². The first-order chi connectivity index (χ1) is 5.35. The predicted molar refractivity (Wildman–Crippen MR) is 42.2 cm³/mol. The van der Waals surface area contributed by atoms with Gasteiger partial charge in [0, 0.05) is 20.6 Å². The molecule has 0 aromatic carbocycles. The van der Waals surface area contributed by atoms with Crippen LogP contribution in [0.25, 0.3) is 0 Å². The number of methoxy groups -OCH3 is 2. The molecule has 0 saturated carbocycles. The van der Waals surface area contributed by atoms with Crippen LogP contribution in [0.15, 0.2) is 12.2 Å². The minimum atomic E-state index is -0.161. The predicted octanol–water partition coefficient (Wildman–Crippen LogP) is 1.14. The maximum atomic E-state index is 9.84. The molecule has 0 saturated heterocycles. The molecule has 0 atom stereocenters. The van der Waals surface area contributed by atoms with Crippen molar-refractivity contribution in [3.05, 3.63) is 12.2 Å². The minimum absolute atomic E-state index is 0.161. The number of allylic oxidation sites excluding steroid dienone is 2. The van der Waals surface area contributed by atoms with Gasteiger partial charge in [-0.15, -0.1) is 0 Å². The lowest BCUT2D eigenvalue weighted by Gasteiger charge is -2.10. The van der Waals surface area contributed by atoms with Crippen LogP contribution < -0.4 is 0 Å². The van der Waals surface area contributed by atoms with Gasteiger partial charge in [0.05, 0.1) is 0 Å². The van der Waals surface area contributed by atoms with Crippen molar-refractivity contribution in [2.24, 2.45) is 0 Å². The number of carbonyl (C=O) groups is 1. The Bertz CT molecular complexity index is 117. The van der Waals surface area contributed by atoms with Crippen LogP contribution in [0.1, 0.15) is 12.8 Å². The Morgan fingerprint density at radius 2 is 2.00 bits per heavy atom. The van der Waals surface area contributed by atoms with Crippen LogP contribution in [0.4, 0.5) is 0 Å². The molecule has 0 fully saturated rings. The number of hydrogen-bond donors (Lipinski definition) is 0. The van der Waals surface area contributed by atoms with E-state index < -0.39 is 0 Å². The molecule has 0 aliphatic carbocycles. The first kappa shape index (κ1) is 10.3. The summed E-state index contributed by atoms with van der Waals surface area (Å²) in [6.45, 7) is 0. The highest BCUT2D eigenvalue weighted by atomic mass is 16.7. The molecule has 0 aromatic heterocycles. The lowest BCUT2D eigenvalue weighted by molar-refractivity contribution is -0.106. The Labute approximate surface area is 67.0 Å². The van der Waals surface area contributed by atoms with Crippen LogP contribution in [-0.2, 0) is 14.3 Å². The van der Waals surface area contributed by atoms with Crippen LogP contribution in [0.3, 0.4) is 0 Å². The quantitative estimate of drug-likeness (QED) is 0.330. The van der Waals surface area contributed by atoms with Crippen molar-refractivity contribution < 1.29 is 14.3 Å². The molecule has 0 spiro atoms. The summed E-state index contributed by atoms with van der Waals surface area (Å²) in [5.41, 5.74) is 0. The van der Waals surface area contributed by atoms with E-state index in [0.29, 0.717) is 0 Å². The van der Waals surface area contributed by atoms with Gasteiger partial charge in [-0.3, -0.25) is 4.79 Å². The molecule has 64 valence electrons. The number of rotatable bonds is 6. The molecule has 0 heterocycles. The fraction of sp³-hybridized carbons (Fsp3) is 0.625. The highest BCUT2D eigenvalue weighted by Crippen LogP contribution is 2.01. The smallest absolute Gasteiger partial charge is 0.157 e. The summed E-state index contributed by atoms with van der Waals surface area (Å²) in [7, 11) is 3.19. The summed E-state index contributed by atoms with van der Waals surface area (Å²) >= 11 is 0. The van der Waals surface area contributed by atoms with Gasteiger partial charge in [-0.05, 0) is 12.5 Å². The zero-order chi connectivity index (χ0) is 8.53. The zero-order valence-electron chi connectivity index (χ0n) is 6.95. The number of hydrogen-bond acceptors (Lipinski definition) is 3. The van der Waals surface area contributed by atoms with Crippen molar-refractivity contribution in [3.63, 3.8) is 0 Å². The van der Waals surface area contributed by atoms with Crippen LogP contribution in [0.5, 0.6) is 0 Å². The minimum Gasteiger partial charge on any atom is -0.356 e. The van der Waals surface area contributed by atoms with Gasteiger partial charge in [-0.2, -0.15) is 0 Å². The average molecular weight is 158 g/mol. The molecule has 0 aliphatic heterocycles. The maximum absolute atomic E-state index is 9.84. The Morgan fingerprint density at radius 1 is 1.36 bits per heavy atom. The SMILES string of the molecule is COC(CC/C=C/C=O)OC. The highest BCUT2D eigenvalue weighted by Gasteiger charge is 2.01. The summed E-state index contributed by atoms with van der Waals surface area (Å²) in [6, 6.07) is 0. The van der Waals surface area contributed by atoms with Gasteiger partial charge in [0.2, 0.25) is 0 Å². The Morgan fingerprint density at radius 3 is 2.45 bits per heavy atom. The van der Waals surface area contributed by atoms with Crippen molar-refractivity contribution in [3.8, 4) is 0 Å². The lowest BCUT2D eigenvalue weighted by atomic mass is 10.3. The molecule has 0 aliphatic rings. The van der Waals surface area contributed by atoms with E-state index in [1.54, 1.807) is 20.3 Å². The van der Waals surface area contributed by atoms with Gasteiger partial charge in [-0.1, -0.05) is 6.08 Å². The summed E-state index contributed by atoms with van der Waals surface area (Å²) in [5, 5.41) is 0. The van der Waals surface area contributed by atoms with Crippen molar-refractivity contribution in [1.29, 1.82) is 0 Å². The number of carbonyl (C=O) groups excluding carboxylic acids is 1. The normalized spacial score (nSPS) is 11.2. The summed E-state index contributed by atoms with van der Waals surface area (Å²) in [4.78, 5) is 9.84. The van der Waals surface area contributed by atoms with Crippen molar-refractivity contribution in [1.82, 2.24) is 0 Å². The highest BCUT2D eigenvalue weighted by molar-refractivity contribution is 5.64. The number of aldehydes is 1. The zero-order valence-corrected chi connectivity index (χ0v) is 6.95. The van der Waals surface area contributed by atoms with Gasteiger partial charge in [0.15, 0.2) is 6.29 Å². The van der Waals surface area contributed by atoms with Crippen LogP contribution in [0, 0.1) is 0 Å². The molecule has 0 amide bonds. The summed E-state index contributed by atoms with van der Waals surface area (Å²) in [5.74, 6) is 0. The van der Waals surface area contributed by atoms with Crippen LogP contribution in [0.2, 0.25) is 0 Å². The molecule has 0 unspecified atom stereocenters. The fourth-order valence-electron chi connectivity index (χ4n) is 0.716. The van der Waals surface area contributed by atoms with E-state index in [0.717, 1.165) is 19.1 Å². The number of ether oxygens (including phenoxy) is 2. The third kappa shape index (κ3) is 5.76. The van der Waals surface area contributed by atoms with Crippen molar-refractivity contribution >= 4 is 6.29 Å². The lowest BCUT2D eigenvalue weighted by Crippen LogP contribution is -2.11. The molecule has 0 N–H and O–H groups in total. The van der Waals surface area contributed by atoms with E-state index in [4.69, 9.17) is 9.47 Å². The van der Waals surface area contributed by atoms with Gasteiger partial charge < -0.3 is 9.47 Å². The standard InChI is InChI=1S/C8H14O3/c1-10-8(11-2)6-4-3-5-7-9/h3,5,7-8H,4,6H2,1-2H3/b5-3+. The van der Waals surface area contributed by atoms with E-state index in [1.165, 1.54) is 6.08 Å². The second-order valence-corrected chi connectivity index (χ2v) is 2.04. The fourth-order valence-corrected chi connectivity index (χ4v) is 0.716. The largest absolute Gasteiger partial charge is 0.356 e. The monoisotopic (exact) mass is 158 g/mol. The van der Waals surface area contributed by atoms with Crippen molar-refractivity contribution in [2.75, 3.05) is 14.2 Å². The Kier molecular flexibility index (Phi) is 6.98. The van der Waals surface area contributed by atoms with Gasteiger partial charge in [0.25, 0.3) is 0 Å². The molecule has 0 bridgehead atoms. The van der Waals surface area contributed by atoms with E-state index in [1.807, 2.05) is 0 Å². The topological polar surface area (TPSA) is 35.5 Å². The maximum Gasteiger partial charge on any atom is 0.157 e. The second kappa shape index (κ2) is 7.44. The van der Waals surface area contributed by atoms with Gasteiger partial charge >= 0.3 is 0 Å². The molecule has 0 radical (unpaired) electrons. The van der Waals surface area contributed by atoms with E-state index in [2.05, 4.69) is 0 Å². The van der Waals surface area contributed by atoms with Crippen molar-refractivity contribution in [2.45, 2.75) is 19.1 Å². The van der Waals surface area contributed by atoms with Gasteiger partial charge in [0.1, 0.15) is 6.29 Å². The molecule has 3 heteroatoms. The molecular weight excluding hydrogens is 144 g/mol. The first-order valence-corrected chi connectivity index (χ1v) is 3.51. The third-order valence-corrected chi connectivity index (χ3v) is 1.31. The molecule has 0 rings (SSSR count). The van der Waals surface area contributed by atoms with E-state index >= 15 is 0 Å². The first-order valence-electron chi connectivity index (χ1n) is 3.51. The van der Waals surface area contributed by atoms with E-state index in [9.17, 15) is 4.79 Å². The summed E-state index contributed by atoms with van der Waals surface area (Å²) < 4.78 is 9.87. The molecule has 3 nitrogen and oxygen atoms in total. The van der Waals surface area contributed by atoms with Crippen LogP contribution in [-0.4, -0.2) is 26.8 Å². The molecule has 0 aromatic rings. The Balaban J connectivity index is 3.34. The van der Waals surface area contributed by atoms with Crippen LogP contribution >= 0.6 is 0 Å². The second-order valence-electron chi connectivity index (χ2n) is 2.04. The molecule has 11 heavy (non-hydrogen) atoms. The summed E-state index contributed by atoms with van der Waals surface area (Å²) in [6.07, 6.45) is 5.43. The average Bonchev–Trinajstić information content (AvgIpc) is 2.05.